The van der Waals surface area contributed by atoms with E-state index in [1.54, 1.807) is 35.2 Å². The Morgan fingerprint density at radius 2 is 1.85 bits per heavy atom. The van der Waals surface area contributed by atoms with Crippen LogP contribution in [0.3, 0.4) is 0 Å². The summed E-state index contributed by atoms with van der Waals surface area (Å²) < 4.78 is 18.7. The molecule has 3 rings (SSSR count). The molecule has 0 aliphatic heterocycles. The highest BCUT2D eigenvalue weighted by molar-refractivity contribution is 5.96. The van der Waals surface area contributed by atoms with Crippen LogP contribution in [0.25, 0.3) is 11.0 Å². The summed E-state index contributed by atoms with van der Waals surface area (Å²) in [5, 5.41) is 7.65. The predicted octanol–water partition coefficient (Wildman–Crippen LogP) is 3.10. The van der Waals surface area contributed by atoms with Crippen LogP contribution >= 0.6 is 0 Å². The van der Waals surface area contributed by atoms with Gasteiger partial charge in [-0.25, -0.2) is 9.02 Å². The molecule has 0 spiro atoms. The lowest BCUT2D eigenvalue weighted by Gasteiger charge is -2.23. The van der Waals surface area contributed by atoms with Crippen LogP contribution in [0.5, 0.6) is 0 Å². The van der Waals surface area contributed by atoms with Crippen molar-refractivity contribution in [2.45, 2.75) is 6.92 Å². The number of nitrogens with zero attached hydrogens (tertiary/aromatic N) is 3. The van der Waals surface area contributed by atoms with Gasteiger partial charge in [0.2, 0.25) is 0 Å². The number of hydrogen-bond donors (Lipinski definition) is 1. The lowest BCUT2D eigenvalue weighted by Crippen LogP contribution is -2.17. The van der Waals surface area contributed by atoms with Crippen molar-refractivity contribution in [2.75, 3.05) is 17.2 Å². The van der Waals surface area contributed by atoms with Gasteiger partial charge in [0.25, 0.3) is 0 Å². The average Bonchev–Trinajstić information content (AvgIpc) is 2.94. The normalized spacial score (nSPS) is 10.9. The number of fused-ring (bicyclic) bond motifs is 1. The lowest BCUT2D eigenvalue weighted by atomic mass is 10.2. The van der Waals surface area contributed by atoms with Gasteiger partial charge in [0.05, 0.1) is 17.1 Å². The number of para-hydroxylation sites is 1. The number of hydrogen-bond acceptors (Lipinski definition) is 5. The second kappa shape index (κ2) is 4.80. The largest absolute Gasteiger partial charge is 0.397 e. The Hall–Kier alpha value is -2.63. The maximum Gasteiger partial charge on any atom is 0.160 e. The number of halogens is 1. The van der Waals surface area contributed by atoms with Gasteiger partial charge in [0.15, 0.2) is 11.0 Å². The molecule has 0 fully saturated rings. The number of aromatic nitrogens is 2. The minimum Gasteiger partial charge on any atom is -0.397 e. The average molecular weight is 272 g/mol. The SMILES string of the molecule is CCN(c1ccccc1F)c1ccc(N)c2nonc12. The highest BCUT2D eigenvalue weighted by Gasteiger charge is 2.18. The predicted molar refractivity (Wildman–Crippen MR) is 75.3 cm³/mol. The first-order valence-electron chi connectivity index (χ1n) is 6.25. The second-order valence-electron chi connectivity index (χ2n) is 4.33. The van der Waals surface area contributed by atoms with Crippen molar-refractivity contribution in [3.63, 3.8) is 0 Å². The highest BCUT2D eigenvalue weighted by atomic mass is 19.1. The summed E-state index contributed by atoms with van der Waals surface area (Å²) in [6.45, 7) is 2.51. The van der Waals surface area contributed by atoms with Crippen molar-refractivity contribution in [2.24, 2.45) is 0 Å². The molecule has 3 aromatic rings. The number of rotatable bonds is 3. The maximum absolute atomic E-state index is 14.0. The van der Waals surface area contributed by atoms with Crippen molar-refractivity contribution in [3.8, 4) is 0 Å². The number of nitrogen functional groups attached to an aromatic ring is 1. The van der Waals surface area contributed by atoms with Crippen molar-refractivity contribution in [1.29, 1.82) is 0 Å². The molecule has 0 aliphatic carbocycles. The zero-order chi connectivity index (χ0) is 14.1. The minimum atomic E-state index is -0.296. The van der Waals surface area contributed by atoms with Gasteiger partial charge in [0, 0.05) is 6.54 Å². The van der Waals surface area contributed by atoms with Crippen LogP contribution in [0.15, 0.2) is 41.0 Å². The van der Waals surface area contributed by atoms with Crippen LogP contribution in [0.1, 0.15) is 6.92 Å². The van der Waals surface area contributed by atoms with E-state index in [4.69, 9.17) is 10.4 Å². The first kappa shape index (κ1) is 12.4. The molecule has 0 atom stereocenters. The fourth-order valence-electron chi connectivity index (χ4n) is 2.23. The van der Waals surface area contributed by atoms with Gasteiger partial charge in [-0.15, -0.1) is 0 Å². The molecule has 0 radical (unpaired) electrons. The summed E-state index contributed by atoms with van der Waals surface area (Å²) in [6, 6.07) is 10.1. The summed E-state index contributed by atoms with van der Waals surface area (Å²) in [5.74, 6) is -0.296. The summed E-state index contributed by atoms with van der Waals surface area (Å²) in [7, 11) is 0. The molecule has 0 unspecified atom stereocenters. The number of anilines is 3. The van der Waals surface area contributed by atoms with Crippen molar-refractivity contribution in [1.82, 2.24) is 10.3 Å². The van der Waals surface area contributed by atoms with Gasteiger partial charge < -0.3 is 10.6 Å². The van der Waals surface area contributed by atoms with Crippen LogP contribution < -0.4 is 10.6 Å². The first-order chi connectivity index (χ1) is 9.72. The zero-order valence-corrected chi connectivity index (χ0v) is 10.9. The molecule has 6 heteroatoms. The molecule has 1 aromatic heterocycles. The lowest BCUT2D eigenvalue weighted by molar-refractivity contribution is 0.315. The minimum absolute atomic E-state index is 0.296. The summed E-state index contributed by atoms with van der Waals surface area (Å²) in [6.07, 6.45) is 0. The van der Waals surface area contributed by atoms with E-state index in [0.717, 1.165) is 0 Å². The maximum atomic E-state index is 14.0. The van der Waals surface area contributed by atoms with E-state index in [1.807, 2.05) is 6.92 Å². The van der Waals surface area contributed by atoms with Crippen LogP contribution in [-0.2, 0) is 0 Å². The van der Waals surface area contributed by atoms with Crippen LogP contribution in [0.4, 0.5) is 21.5 Å². The molecule has 2 N–H and O–H groups in total. The standard InChI is InChI=1S/C14H13FN4O/c1-2-19(11-6-4-3-5-9(11)15)12-8-7-10(16)13-14(12)18-20-17-13/h3-8H,2,16H2,1H3. The molecule has 20 heavy (non-hydrogen) atoms. The van der Waals surface area contributed by atoms with Gasteiger partial charge in [-0.3, -0.25) is 0 Å². The third kappa shape index (κ3) is 1.85. The Bertz CT molecular complexity index is 756. The molecule has 0 saturated heterocycles. The van der Waals surface area contributed by atoms with Gasteiger partial charge in [-0.05, 0) is 41.5 Å². The number of benzene rings is 2. The van der Waals surface area contributed by atoms with Gasteiger partial charge in [-0.1, -0.05) is 12.1 Å². The van der Waals surface area contributed by atoms with Crippen LogP contribution in [-0.4, -0.2) is 16.9 Å². The molecular formula is C14H13FN4O. The molecule has 2 aromatic carbocycles. The van der Waals surface area contributed by atoms with Gasteiger partial charge >= 0.3 is 0 Å². The molecule has 5 nitrogen and oxygen atoms in total. The van der Waals surface area contributed by atoms with Crippen molar-refractivity contribution in [3.05, 3.63) is 42.2 Å². The Morgan fingerprint density at radius 1 is 1.10 bits per heavy atom. The number of nitrogens with two attached hydrogens (primary N) is 1. The summed E-state index contributed by atoms with van der Waals surface area (Å²) in [4.78, 5) is 1.81. The van der Waals surface area contributed by atoms with Crippen molar-refractivity contribution >= 4 is 28.1 Å². The molecule has 102 valence electrons. The van der Waals surface area contributed by atoms with Crippen molar-refractivity contribution < 1.29 is 9.02 Å². The third-order valence-electron chi connectivity index (χ3n) is 3.18. The van der Waals surface area contributed by atoms with E-state index in [0.29, 0.717) is 34.6 Å². The van der Waals surface area contributed by atoms with E-state index >= 15 is 0 Å². The fraction of sp³-hybridized carbons (Fsp3) is 0.143. The van der Waals surface area contributed by atoms with E-state index < -0.39 is 0 Å². The van der Waals surface area contributed by atoms with E-state index in [9.17, 15) is 4.39 Å². The second-order valence-corrected chi connectivity index (χ2v) is 4.33. The molecule has 0 amide bonds. The van der Waals surface area contributed by atoms with Crippen LogP contribution in [0, 0.1) is 5.82 Å². The van der Waals surface area contributed by atoms with E-state index in [-0.39, 0.29) is 5.82 Å². The Balaban J connectivity index is 2.20. The van der Waals surface area contributed by atoms with E-state index in [1.165, 1.54) is 6.07 Å². The topological polar surface area (TPSA) is 68.2 Å². The highest BCUT2D eigenvalue weighted by Crippen LogP contribution is 2.33. The quantitative estimate of drug-likeness (QED) is 0.742. The van der Waals surface area contributed by atoms with Crippen LogP contribution in [0.2, 0.25) is 0 Å². The molecule has 0 bridgehead atoms. The molecule has 0 aliphatic rings. The first-order valence-corrected chi connectivity index (χ1v) is 6.25. The molecule has 1 heterocycles. The van der Waals surface area contributed by atoms with Gasteiger partial charge in [-0.2, -0.15) is 0 Å². The van der Waals surface area contributed by atoms with E-state index in [2.05, 4.69) is 10.3 Å². The monoisotopic (exact) mass is 272 g/mol. The Morgan fingerprint density at radius 3 is 2.60 bits per heavy atom. The zero-order valence-electron chi connectivity index (χ0n) is 10.9. The molecule has 0 saturated carbocycles. The summed E-state index contributed by atoms with van der Waals surface area (Å²) >= 11 is 0. The molecular weight excluding hydrogens is 259 g/mol. The Labute approximate surface area is 114 Å². The fourth-order valence-corrected chi connectivity index (χ4v) is 2.23. The smallest absolute Gasteiger partial charge is 0.160 e. The Kier molecular flexibility index (Phi) is 2.98. The third-order valence-corrected chi connectivity index (χ3v) is 3.18. The summed E-state index contributed by atoms with van der Waals surface area (Å²) in [5.41, 5.74) is 8.50. The van der Waals surface area contributed by atoms with Gasteiger partial charge in [0.1, 0.15) is 5.82 Å².